The summed E-state index contributed by atoms with van der Waals surface area (Å²) in [5.74, 6) is 1.41. The van der Waals surface area contributed by atoms with E-state index >= 15 is 0 Å². The zero-order valence-electron chi connectivity index (χ0n) is 13.4. The highest BCUT2D eigenvalue weighted by molar-refractivity contribution is 5.58. The topological polar surface area (TPSA) is 41.1 Å². The van der Waals surface area contributed by atoms with Gasteiger partial charge in [-0.3, -0.25) is 0 Å². The Bertz CT molecular complexity index is 492. The number of hydrogen-bond donors (Lipinski definition) is 1. The summed E-state index contributed by atoms with van der Waals surface area (Å²) in [5.41, 5.74) is 0.280. The summed E-state index contributed by atoms with van der Waals surface area (Å²) >= 11 is 0. The van der Waals surface area contributed by atoms with Crippen molar-refractivity contribution < 1.29 is 13.2 Å². The van der Waals surface area contributed by atoms with E-state index in [1.807, 2.05) is 20.8 Å². The third-order valence-electron chi connectivity index (χ3n) is 3.08. The lowest BCUT2D eigenvalue weighted by molar-refractivity contribution is -0.119. The lowest BCUT2D eigenvalue weighted by atomic mass is 9.95. The Hall–Kier alpha value is -1.53. The van der Waals surface area contributed by atoms with Crippen LogP contribution in [0.15, 0.2) is 0 Å². The van der Waals surface area contributed by atoms with Gasteiger partial charge in [0.15, 0.2) is 0 Å². The van der Waals surface area contributed by atoms with Crippen LogP contribution in [-0.2, 0) is 5.41 Å². The van der Waals surface area contributed by atoms with Crippen molar-refractivity contribution in [2.45, 2.75) is 46.2 Å². The van der Waals surface area contributed by atoms with E-state index in [1.54, 1.807) is 20.9 Å². The molecule has 0 aromatic carbocycles. The van der Waals surface area contributed by atoms with Crippen molar-refractivity contribution >= 4 is 11.6 Å². The minimum atomic E-state index is -4.27. The van der Waals surface area contributed by atoms with E-state index in [4.69, 9.17) is 0 Å². The summed E-state index contributed by atoms with van der Waals surface area (Å²) in [7, 11) is 1.70. The Morgan fingerprint density at radius 2 is 1.71 bits per heavy atom. The number of nitrogens with one attached hydrogen (secondary N) is 1. The molecule has 0 spiro atoms. The molecule has 21 heavy (non-hydrogen) atoms. The molecule has 0 radical (unpaired) electrons. The smallest absolute Gasteiger partial charge is 0.373 e. The Morgan fingerprint density at radius 3 is 2.10 bits per heavy atom. The number of alkyl halides is 3. The average molecular weight is 304 g/mol. The minimum absolute atomic E-state index is 0.226. The Labute approximate surface area is 123 Å². The summed E-state index contributed by atoms with van der Waals surface area (Å²) in [6.07, 6.45) is -4.27. The molecule has 0 saturated carbocycles. The van der Waals surface area contributed by atoms with E-state index < -0.39 is 12.7 Å². The fraction of sp³-hybridized carbons (Fsp3) is 0.714. The normalized spacial score (nSPS) is 12.4. The molecular formula is C14H23F3N4. The number of rotatable bonds is 4. The second-order valence-corrected chi connectivity index (χ2v) is 5.97. The third-order valence-corrected chi connectivity index (χ3v) is 3.08. The molecule has 0 aliphatic rings. The number of halogens is 3. The van der Waals surface area contributed by atoms with E-state index in [-0.39, 0.29) is 12.0 Å². The number of aromatic nitrogens is 2. The summed E-state index contributed by atoms with van der Waals surface area (Å²) < 4.78 is 38.2. The van der Waals surface area contributed by atoms with Crippen LogP contribution in [0.2, 0.25) is 0 Å². The molecule has 1 N–H and O–H groups in total. The van der Waals surface area contributed by atoms with Crippen LogP contribution in [-0.4, -0.2) is 36.3 Å². The molecule has 4 nitrogen and oxygen atoms in total. The molecule has 1 aromatic heterocycles. The summed E-state index contributed by atoms with van der Waals surface area (Å²) in [5, 5.41) is 2.93. The van der Waals surface area contributed by atoms with E-state index in [0.717, 1.165) is 0 Å². The molecule has 0 fully saturated rings. The van der Waals surface area contributed by atoms with Gasteiger partial charge in [0, 0.05) is 24.6 Å². The van der Waals surface area contributed by atoms with Gasteiger partial charge in [-0.2, -0.15) is 13.2 Å². The average Bonchev–Trinajstić information content (AvgIpc) is 2.34. The molecule has 1 rings (SSSR count). The van der Waals surface area contributed by atoms with Crippen LogP contribution in [0.1, 0.15) is 39.1 Å². The molecular weight excluding hydrogens is 281 g/mol. The molecule has 1 aromatic rings. The Morgan fingerprint density at radius 1 is 1.14 bits per heavy atom. The van der Waals surface area contributed by atoms with Gasteiger partial charge in [-0.1, -0.05) is 20.8 Å². The first-order chi connectivity index (χ1) is 9.49. The molecule has 120 valence electrons. The number of anilines is 2. The molecule has 7 heteroatoms. The monoisotopic (exact) mass is 304 g/mol. The Kier molecular flexibility index (Phi) is 5.07. The summed E-state index contributed by atoms with van der Waals surface area (Å²) in [6.45, 7) is 8.41. The molecule has 0 atom stereocenters. The van der Waals surface area contributed by atoms with Gasteiger partial charge >= 0.3 is 6.18 Å². The number of hydrogen-bond acceptors (Lipinski definition) is 4. The van der Waals surface area contributed by atoms with Crippen molar-refractivity contribution in [3.05, 3.63) is 11.4 Å². The first-order valence-electron chi connectivity index (χ1n) is 6.88. The fourth-order valence-corrected chi connectivity index (χ4v) is 1.94. The maximum absolute atomic E-state index is 12.7. The second-order valence-electron chi connectivity index (χ2n) is 5.97. The Balaban J connectivity index is 3.38. The highest BCUT2D eigenvalue weighted by Crippen LogP contribution is 2.30. The van der Waals surface area contributed by atoms with E-state index in [2.05, 4.69) is 15.3 Å². The lowest BCUT2D eigenvalue weighted by Gasteiger charge is -2.28. The maximum Gasteiger partial charge on any atom is 0.405 e. The number of nitrogens with zero attached hydrogens (tertiary/aromatic N) is 3. The maximum atomic E-state index is 12.7. The SMILES string of the molecule is CCN(CC(F)(F)F)c1nc(C(C)(C)C)nc(NC)c1C. The van der Waals surface area contributed by atoms with Crippen molar-refractivity contribution in [1.29, 1.82) is 0 Å². The molecule has 1 heterocycles. The van der Waals surface area contributed by atoms with Gasteiger partial charge in [0.1, 0.15) is 24.0 Å². The quantitative estimate of drug-likeness (QED) is 0.924. The van der Waals surface area contributed by atoms with Crippen LogP contribution in [0.3, 0.4) is 0 Å². The van der Waals surface area contributed by atoms with Gasteiger partial charge < -0.3 is 10.2 Å². The van der Waals surface area contributed by atoms with Gasteiger partial charge in [-0.15, -0.1) is 0 Å². The summed E-state index contributed by atoms with van der Waals surface area (Å²) in [6, 6.07) is 0. The largest absolute Gasteiger partial charge is 0.405 e. The molecule has 0 bridgehead atoms. The predicted molar refractivity (Wildman–Crippen MR) is 79.0 cm³/mol. The standard InChI is InChI=1S/C14H23F3N4/c1-7-21(8-14(15,16)17)11-9(2)10(18-6)19-12(20-11)13(3,4)5/h7-8H2,1-6H3,(H,18,19,20). The van der Waals surface area contributed by atoms with Crippen molar-refractivity contribution in [2.75, 3.05) is 30.4 Å². The van der Waals surface area contributed by atoms with E-state index in [9.17, 15) is 13.2 Å². The molecule has 0 aliphatic heterocycles. The molecule has 0 saturated heterocycles. The van der Waals surface area contributed by atoms with Crippen molar-refractivity contribution in [3.63, 3.8) is 0 Å². The van der Waals surface area contributed by atoms with Crippen molar-refractivity contribution in [1.82, 2.24) is 9.97 Å². The van der Waals surface area contributed by atoms with Gasteiger partial charge in [0.2, 0.25) is 0 Å². The van der Waals surface area contributed by atoms with E-state index in [1.165, 1.54) is 4.90 Å². The first-order valence-corrected chi connectivity index (χ1v) is 6.88. The highest BCUT2D eigenvalue weighted by Gasteiger charge is 2.32. The van der Waals surface area contributed by atoms with Crippen molar-refractivity contribution in [3.8, 4) is 0 Å². The van der Waals surface area contributed by atoms with Crippen LogP contribution in [0.4, 0.5) is 24.8 Å². The lowest BCUT2D eigenvalue weighted by Crippen LogP contribution is -2.36. The highest BCUT2D eigenvalue weighted by atomic mass is 19.4. The van der Waals surface area contributed by atoms with Crippen LogP contribution >= 0.6 is 0 Å². The minimum Gasteiger partial charge on any atom is -0.373 e. The van der Waals surface area contributed by atoms with Gasteiger partial charge in [-0.05, 0) is 13.8 Å². The van der Waals surface area contributed by atoms with E-state index in [0.29, 0.717) is 23.0 Å². The summed E-state index contributed by atoms with van der Waals surface area (Å²) in [4.78, 5) is 10.0. The van der Waals surface area contributed by atoms with Gasteiger partial charge in [0.25, 0.3) is 0 Å². The zero-order valence-corrected chi connectivity index (χ0v) is 13.4. The van der Waals surface area contributed by atoms with Crippen LogP contribution in [0, 0.1) is 6.92 Å². The zero-order chi connectivity index (χ0) is 16.4. The van der Waals surface area contributed by atoms with Crippen molar-refractivity contribution in [2.24, 2.45) is 0 Å². The van der Waals surface area contributed by atoms with Crippen LogP contribution < -0.4 is 10.2 Å². The van der Waals surface area contributed by atoms with Crippen LogP contribution in [0.5, 0.6) is 0 Å². The van der Waals surface area contributed by atoms with Crippen LogP contribution in [0.25, 0.3) is 0 Å². The molecule has 0 amide bonds. The predicted octanol–water partition coefficient (Wildman–Crippen LogP) is 3.51. The first kappa shape index (κ1) is 17.5. The second kappa shape index (κ2) is 6.07. The fourth-order valence-electron chi connectivity index (χ4n) is 1.94. The molecule has 0 aliphatic carbocycles. The van der Waals surface area contributed by atoms with Gasteiger partial charge in [0.05, 0.1) is 0 Å². The van der Waals surface area contributed by atoms with Gasteiger partial charge in [-0.25, -0.2) is 9.97 Å². The molecule has 0 unspecified atom stereocenters. The third kappa shape index (κ3) is 4.47.